The first kappa shape index (κ1) is 16.0. The van der Waals surface area contributed by atoms with Crippen LogP contribution in [0.2, 0.25) is 0 Å². The predicted octanol–water partition coefficient (Wildman–Crippen LogP) is 0.191. The lowest BCUT2D eigenvalue weighted by molar-refractivity contribution is -0.384. The van der Waals surface area contributed by atoms with Crippen molar-refractivity contribution in [3.05, 3.63) is 33.9 Å². The molecule has 2 rings (SSSR count). The van der Waals surface area contributed by atoms with Gasteiger partial charge in [0.05, 0.1) is 10.6 Å². The van der Waals surface area contributed by atoms with Crippen LogP contribution >= 0.6 is 0 Å². The van der Waals surface area contributed by atoms with Gasteiger partial charge in [-0.05, 0) is 13.0 Å². The molecular formula is C12H13N3O6S. The molecule has 1 aliphatic heterocycles. The van der Waals surface area contributed by atoms with Crippen molar-refractivity contribution in [2.75, 3.05) is 11.4 Å². The number of carbonyl (C=O) groups is 2. The Morgan fingerprint density at radius 2 is 2.09 bits per heavy atom. The van der Waals surface area contributed by atoms with Gasteiger partial charge in [0.15, 0.2) is 5.78 Å². The molecule has 1 aromatic rings. The molecule has 1 aromatic carbocycles. The summed E-state index contributed by atoms with van der Waals surface area (Å²) in [6.45, 7) is 1.02. The summed E-state index contributed by atoms with van der Waals surface area (Å²) in [5, 5.41) is 14.8. The van der Waals surface area contributed by atoms with Crippen LogP contribution in [0, 0.1) is 10.1 Å². The van der Waals surface area contributed by atoms with Gasteiger partial charge in [-0.2, -0.15) is 0 Å². The normalized spacial score (nSPS) is 18.5. The predicted molar refractivity (Wildman–Crippen MR) is 77.0 cm³/mol. The van der Waals surface area contributed by atoms with E-state index in [-0.39, 0.29) is 29.9 Å². The number of nitrogens with two attached hydrogens (primary N) is 1. The molecule has 0 aliphatic carbocycles. The fourth-order valence-corrected chi connectivity index (χ4v) is 3.01. The first-order valence-corrected chi connectivity index (χ1v) is 7.83. The van der Waals surface area contributed by atoms with Crippen molar-refractivity contribution in [1.82, 2.24) is 0 Å². The number of hydrogen-bond acceptors (Lipinski definition) is 6. The highest BCUT2D eigenvalue weighted by Gasteiger charge is 2.38. The molecule has 118 valence electrons. The van der Waals surface area contributed by atoms with Crippen molar-refractivity contribution in [2.45, 2.75) is 18.6 Å². The summed E-state index contributed by atoms with van der Waals surface area (Å²) in [4.78, 5) is 34.9. The minimum atomic E-state index is -3.89. The molecule has 0 bridgehead atoms. The lowest BCUT2D eigenvalue weighted by Gasteiger charge is -2.19. The zero-order chi connectivity index (χ0) is 16.7. The van der Waals surface area contributed by atoms with E-state index in [1.54, 1.807) is 0 Å². The van der Waals surface area contributed by atoms with Gasteiger partial charge in [-0.1, -0.05) is 0 Å². The zero-order valence-electron chi connectivity index (χ0n) is 11.6. The van der Waals surface area contributed by atoms with Gasteiger partial charge in [-0.25, -0.2) is 13.6 Å². The van der Waals surface area contributed by atoms with Crippen LogP contribution < -0.4 is 10.0 Å². The largest absolute Gasteiger partial charge is 0.310 e. The van der Waals surface area contributed by atoms with Crippen molar-refractivity contribution in [2.24, 2.45) is 5.14 Å². The number of nitro benzene ring substituents is 1. The van der Waals surface area contributed by atoms with E-state index in [1.165, 1.54) is 13.0 Å². The Hall–Kier alpha value is -2.33. The molecule has 0 radical (unpaired) electrons. The lowest BCUT2D eigenvalue weighted by atomic mass is 10.1. The van der Waals surface area contributed by atoms with Gasteiger partial charge < -0.3 is 4.90 Å². The molecule has 1 unspecified atom stereocenters. The van der Waals surface area contributed by atoms with Crippen LogP contribution in [0.15, 0.2) is 18.2 Å². The lowest BCUT2D eigenvalue weighted by Crippen LogP contribution is -2.32. The number of hydrogen-bond donors (Lipinski definition) is 1. The first-order chi connectivity index (χ1) is 10.1. The molecule has 0 saturated carbocycles. The van der Waals surface area contributed by atoms with Gasteiger partial charge in [0, 0.05) is 30.7 Å². The van der Waals surface area contributed by atoms with E-state index in [0.29, 0.717) is 0 Å². The Morgan fingerprint density at radius 3 is 2.55 bits per heavy atom. The first-order valence-electron chi connectivity index (χ1n) is 6.22. The number of sulfonamides is 1. The number of Topliss-reactive ketones (excluding diaryl/α,β-unsaturated/α-hetero) is 1. The van der Waals surface area contributed by atoms with Crippen LogP contribution in [0.25, 0.3) is 0 Å². The Labute approximate surface area is 125 Å². The van der Waals surface area contributed by atoms with E-state index < -0.39 is 31.9 Å². The third-order valence-corrected chi connectivity index (χ3v) is 4.66. The number of amides is 1. The molecule has 0 aromatic heterocycles. The second kappa shape index (κ2) is 5.46. The van der Waals surface area contributed by atoms with Gasteiger partial charge in [-0.3, -0.25) is 19.7 Å². The molecule has 1 amide bonds. The fraction of sp³-hybridized carbons (Fsp3) is 0.333. The molecule has 2 N–H and O–H groups in total. The van der Waals surface area contributed by atoms with Gasteiger partial charge >= 0.3 is 0 Å². The number of non-ortho nitro benzene ring substituents is 1. The molecule has 1 saturated heterocycles. The SMILES string of the molecule is CC(=O)c1cc([N+](=O)[O-])ccc1N1CC(S(N)(=O)=O)CC1=O. The standard InChI is InChI=1S/C12H13N3O6S/c1-7(16)10-4-8(15(18)19)2-3-11(10)14-6-9(5-12(14)17)22(13,20)21/h2-4,9H,5-6H2,1H3,(H2,13,20,21). The maximum atomic E-state index is 12.0. The van der Waals surface area contributed by atoms with Crippen molar-refractivity contribution in [3.8, 4) is 0 Å². The van der Waals surface area contributed by atoms with E-state index >= 15 is 0 Å². The highest BCUT2D eigenvalue weighted by Crippen LogP contribution is 2.30. The second-order valence-electron chi connectivity index (χ2n) is 4.93. The summed E-state index contributed by atoms with van der Waals surface area (Å²) in [7, 11) is -3.89. The average Bonchev–Trinajstić information content (AvgIpc) is 2.79. The maximum Gasteiger partial charge on any atom is 0.270 e. The van der Waals surface area contributed by atoms with Crippen molar-refractivity contribution >= 4 is 33.1 Å². The van der Waals surface area contributed by atoms with Crippen LogP contribution in [-0.2, 0) is 14.8 Å². The zero-order valence-corrected chi connectivity index (χ0v) is 12.4. The highest BCUT2D eigenvalue weighted by molar-refractivity contribution is 7.89. The van der Waals surface area contributed by atoms with E-state index in [0.717, 1.165) is 17.0 Å². The third kappa shape index (κ3) is 2.97. The third-order valence-electron chi connectivity index (χ3n) is 3.42. The van der Waals surface area contributed by atoms with Crippen LogP contribution in [0.4, 0.5) is 11.4 Å². The molecule has 0 spiro atoms. The molecule has 1 aliphatic rings. The highest BCUT2D eigenvalue weighted by atomic mass is 32.2. The fourth-order valence-electron chi connectivity index (χ4n) is 2.28. The quantitative estimate of drug-likeness (QED) is 0.475. The number of nitrogens with zero attached hydrogens (tertiary/aromatic N) is 2. The Kier molecular flexibility index (Phi) is 3.98. The number of anilines is 1. The van der Waals surface area contributed by atoms with Crippen LogP contribution in [0.5, 0.6) is 0 Å². The second-order valence-corrected chi connectivity index (χ2v) is 6.78. The van der Waals surface area contributed by atoms with Crippen LogP contribution in [0.3, 0.4) is 0 Å². The summed E-state index contributed by atoms with van der Waals surface area (Å²) >= 11 is 0. The summed E-state index contributed by atoms with van der Waals surface area (Å²) in [6, 6.07) is 3.48. The van der Waals surface area contributed by atoms with E-state index in [2.05, 4.69) is 0 Å². The van der Waals surface area contributed by atoms with Gasteiger partial charge in [0.2, 0.25) is 15.9 Å². The van der Waals surface area contributed by atoms with Crippen molar-refractivity contribution < 1.29 is 22.9 Å². The molecule has 10 heteroatoms. The number of primary sulfonamides is 1. The number of nitro groups is 1. The number of ketones is 1. The average molecular weight is 327 g/mol. The van der Waals surface area contributed by atoms with Crippen LogP contribution in [-0.4, -0.2) is 36.8 Å². The van der Waals surface area contributed by atoms with E-state index in [4.69, 9.17) is 5.14 Å². The number of carbonyl (C=O) groups excluding carboxylic acids is 2. The Balaban J connectivity index is 2.47. The molecular weight excluding hydrogens is 314 g/mol. The van der Waals surface area contributed by atoms with Crippen molar-refractivity contribution in [3.63, 3.8) is 0 Å². The topological polar surface area (TPSA) is 141 Å². The molecule has 1 atom stereocenters. The Bertz CT molecular complexity index is 773. The van der Waals surface area contributed by atoms with E-state index in [9.17, 15) is 28.1 Å². The van der Waals surface area contributed by atoms with Gasteiger partial charge in [0.1, 0.15) is 5.25 Å². The summed E-state index contributed by atoms with van der Waals surface area (Å²) in [5.41, 5.74) is -0.157. The molecule has 22 heavy (non-hydrogen) atoms. The summed E-state index contributed by atoms with van der Waals surface area (Å²) < 4.78 is 22.7. The Morgan fingerprint density at radius 1 is 1.45 bits per heavy atom. The summed E-state index contributed by atoms with van der Waals surface area (Å²) in [5.74, 6) is -0.971. The van der Waals surface area contributed by atoms with Gasteiger partial charge in [-0.15, -0.1) is 0 Å². The summed E-state index contributed by atoms with van der Waals surface area (Å²) in [6.07, 6.45) is -0.285. The maximum absolute atomic E-state index is 12.0. The molecule has 1 fully saturated rings. The van der Waals surface area contributed by atoms with Crippen molar-refractivity contribution in [1.29, 1.82) is 0 Å². The monoisotopic (exact) mass is 327 g/mol. The van der Waals surface area contributed by atoms with Crippen LogP contribution in [0.1, 0.15) is 23.7 Å². The molecule has 9 nitrogen and oxygen atoms in total. The number of benzene rings is 1. The molecule has 1 heterocycles. The van der Waals surface area contributed by atoms with E-state index in [1.807, 2.05) is 0 Å². The number of rotatable bonds is 4. The smallest absolute Gasteiger partial charge is 0.270 e. The van der Waals surface area contributed by atoms with Gasteiger partial charge in [0.25, 0.3) is 5.69 Å². The minimum absolute atomic E-state index is 0.0161. The minimum Gasteiger partial charge on any atom is -0.310 e.